The van der Waals surface area contributed by atoms with Crippen molar-refractivity contribution in [2.24, 2.45) is 5.41 Å². The predicted octanol–water partition coefficient (Wildman–Crippen LogP) is 3.99. The molecule has 1 aliphatic carbocycles. The lowest BCUT2D eigenvalue weighted by Gasteiger charge is -2.40. The van der Waals surface area contributed by atoms with Crippen molar-refractivity contribution in [3.63, 3.8) is 0 Å². The van der Waals surface area contributed by atoms with Gasteiger partial charge in [-0.1, -0.05) is 25.4 Å². The maximum absolute atomic E-state index is 11.0. The molecule has 5 nitrogen and oxygen atoms in total. The average molecular weight is 313 g/mol. The monoisotopic (exact) mass is 312 g/mol. The van der Waals surface area contributed by atoms with Crippen LogP contribution in [0.25, 0.3) is 0 Å². The fourth-order valence-electron chi connectivity index (χ4n) is 2.63. The molecule has 0 spiro atoms. The molecule has 1 aromatic carbocycles. The van der Waals surface area contributed by atoms with Crippen LogP contribution < -0.4 is 5.32 Å². The van der Waals surface area contributed by atoms with Gasteiger partial charge in [0, 0.05) is 17.6 Å². The third kappa shape index (κ3) is 4.08. The highest BCUT2D eigenvalue weighted by Gasteiger charge is 2.36. The minimum Gasteiger partial charge on any atom is -0.388 e. The van der Waals surface area contributed by atoms with E-state index >= 15 is 0 Å². The highest BCUT2D eigenvalue weighted by atomic mass is 35.5. The average Bonchev–Trinajstić information content (AvgIpc) is 2.41. The molecule has 6 heteroatoms. The molecule has 1 fully saturated rings. The van der Waals surface area contributed by atoms with Crippen LogP contribution >= 0.6 is 11.6 Å². The summed E-state index contributed by atoms with van der Waals surface area (Å²) in [5, 5.41) is 25.0. The lowest BCUT2D eigenvalue weighted by molar-refractivity contribution is -0.384. The molecule has 0 aliphatic heterocycles. The molecule has 1 aromatic rings. The van der Waals surface area contributed by atoms with E-state index in [-0.39, 0.29) is 11.1 Å². The van der Waals surface area contributed by atoms with Gasteiger partial charge >= 0.3 is 0 Å². The van der Waals surface area contributed by atoms with Gasteiger partial charge in [0.05, 0.1) is 10.5 Å². The smallest absolute Gasteiger partial charge is 0.293 e. The Morgan fingerprint density at radius 2 is 1.95 bits per heavy atom. The van der Waals surface area contributed by atoms with Crippen LogP contribution in [0.2, 0.25) is 5.02 Å². The second kappa shape index (κ2) is 5.81. The number of hydrogen-bond donors (Lipinski definition) is 2. The lowest BCUT2D eigenvalue weighted by Crippen LogP contribution is -2.42. The minimum atomic E-state index is -0.803. The Bertz CT molecular complexity index is 536. The standard InChI is InChI=1S/C15H21ClN2O3/c1-14(2)5-7-15(19,8-6-14)10-17-12-4-3-11(16)9-13(12)18(20)21/h3-4,9,17,19H,5-8,10H2,1-2H3. The Morgan fingerprint density at radius 1 is 1.33 bits per heavy atom. The van der Waals surface area contributed by atoms with E-state index in [0.29, 0.717) is 30.1 Å². The third-order valence-electron chi connectivity index (χ3n) is 4.30. The summed E-state index contributed by atoms with van der Waals surface area (Å²) in [7, 11) is 0. The van der Waals surface area contributed by atoms with Crippen molar-refractivity contribution in [2.45, 2.75) is 45.1 Å². The molecule has 0 atom stereocenters. The van der Waals surface area contributed by atoms with E-state index in [1.54, 1.807) is 12.1 Å². The molecule has 0 bridgehead atoms. The van der Waals surface area contributed by atoms with Crippen LogP contribution in [0.1, 0.15) is 39.5 Å². The maximum atomic E-state index is 11.0. The summed E-state index contributed by atoms with van der Waals surface area (Å²) in [5.74, 6) is 0. The first kappa shape index (κ1) is 16.0. The lowest BCUT2D eigenvalue weighted by atomic mass is 9.71. The third-order valence-corrected chi connectivity index (χ3v) is 4.53. The highest BCUT2D eigenvalue weighted by Crippen LogP contribution is 2.40. The van der Waals surface area contributed by atoms with Gasteiger partial charge in [-0.3, -0.25) is 10.1 Å². The highest BCUT2D eigenvalue weighted by molar-refractivity contribution is 6.30. The van der Waals surface area contributed by atoms with Crippen molar-refractivity contribution < 1.29 is 10.0 Å². The summed E-state index contributed by atoms with van der Waals surface area (Å²) in [4.78, 5) is 10.6. The van der Waals surface area contributed by atoms with Crippen LogP contribution in [0, 0.1) is 15.5 Å². The normalized spacial score (nSPS) is 20.0. The molecule has 0 amide bonds. The largest absolute Gasteiger partial charge is 0.388 e. The molecule has 2 N–H and O–H groups in total. The molecule has 1 aliphatic rings. The Kier molecular flexibility index (Phi) is 4.44. The van der Waals surface area contributed by atoms with E-state index in [9.17, 15) is 15.2 Å². The molecule has 0 heterocycles. The van der Waals surface area contributed by atoms with Crippen LogP contribution in [0.5, 0.6) is 0 Å². The number of anilines is 1. The Morgan fingerprint density at radius 3 is 2.52 bits per heavy atom. The molecule has 0 aromatic heterocycles. The van der Waals surface area contributed by atoms with Gasteiger partial charge in [0.15, 0.2) is 0 Å². The van der Waals surface area contributed by atoms with Crippen molar-refractivity contribution in [1.29, 1.82) is 0 Å². The van der Waals surface area contributed by atoms with Crippen molar-refractivity contribution in [3.8, 4) is 0 Å². The molecule has 1 saturated carbocycles. The topological polar surface area (TPSA) is 75.4 Å². The second-order valence-electron chi connectivity index (χ2n) is 6.66. The molecule has 0 saturated heterocycles. The molecular weight excluding hydrogens is 292 g/mol. The number of halogens is 1. The van der Waals surface area contributed by atoms with E-state index in [1.165, 1.54) is 6.07 Å². The molecule has 21 heavy (non-hydrogen) atoms. The van der Waals surface area contributed by atoms with E-state index < -0.39 is 10.5 Å². The van der Waals surface area contributed by atoms with E-state index in [1.807, 2.05) is 0 Å². The Labute approximate surface area is 129 Å². The molecular formula is C15H21ClN2O3. The number of rotatable bonds is 4. The van der Waals surface area contributed by atoms with Gasteiger partial charge in [0.2, 0.25) is 0 Å². The number of hydrogen-bond acceptors (Lipinski definition) is 4. The van der Waals surface area contributed by atoms with Crippen LogP contribution in [-0.2, 0) is 0 Å². The summed E-state index contributed by atoms with van der Waals surface area (Å²) < 4.78 is 0. The van der Waals surface area contributed by atoms with E-state index in [4.69, 9.17) is 11.6 Å². The number of aliphatic hydroxyl groups is 1. The number of nitro groups is 1. The van der Waals surface area contributed by atoms with Crippen LogP contribution in [0.3, 0.4) is 0 Å². The second-order valence-corrected chi connectivity index (χ2v) is 7.10. The first-order valence-corrected chi connectivity index (χ1v) is 7.49. The van der Waals surface area contributed by atoms with Gasteiger partial charge in [-0.05, 0) is 43.2 Å². The van der Waals surface area contributed by atoms with Gasteiger partial charge in [0.1, 0.15) is 5.69 Å². The summed E-state index contributed by atoms with van der Waals surface area (Å²) >= 11 is 5.79. The fraction of sp³-hybridized carbons (Fsp3) is 0.600. The first-order valence-electron chi connectivity index (χ1n) is 7.11. The number of nitrogens with zero attached hydrogens (tertiary/aromatic N) is 1. The zero-order valence-corrected chi connectivity index (χ0v) is 13.1. The van der Waals surface area contributed by atoms with Gasteiger partial charge in [-0.15, -0.1) is 0 Å². The fourth-order valence-corrected chi connectivity index (χ4v) is 2.80. The van der Waals surface area contributed by atoms with Crippen molar-refractivity contribution >= 4 is 23.0 Å². The van der Waals surface area contributed by atoms with Crippen LogP contribution in [0.15, 0.2) is 18.2 Å². The number of nitrogens with one attached hydrogen (secondary N) is 1. The summed E-state index contributed by atoms with van der Waals surface area (Å²) in [6.07, 6.45) is 3.31. The van der Waals surface area contributed by atoms with Crippen molar-refractivity contribution in [1.82, 2.24) is 0 Å². The van der Waals surface area contributed by atoms with Gasteiger partial charge in [-0.25, -0.2) is 0 Å². The predicted molar refractivity (Wildman–Crippen MR) is 83.8 cm³/mol. The summed E-state index contributed by atoms with van der Waals surface area (Å²) in [5.41, 5.74) is -0.216. The van der Waals surface area contributed by atoms with E-state index in [2.05, 4.69) is 19.2 Å². The van der Waals surface area contributed by atoms with Gasteiger partial charge < -0.3 is 10.4 Å². The van der Waals surface area contributed by atoms with Gasteiger partial charge in [0.25, 0.3) is 5.69 Å². The maximum Gasteiger partial charge on any atom is 0.293 e. The van der Waals surface area contributed by atoms with Crippen molar-refractivity contribution in [2.75, 3.05) is 11.9 Å². The molecule has 0 radical (unpaired) electrons. The van der Waals surface area contributed by atoms with E-state index in [0.717, 1.165) is 12.8 Å². The minimum absolute atomic E-state index is 0.0674. The number of nitro benzene ring substituents is 1. The Balaban J connectivity index is 2.05. The summed E-state index contributed by atoms with van der Waals surface area (Å²) in [6.45, 7) is 4.71. The SMILES string of the molecule is CC1(C)CCC(O)(CNc2ccc(Cl)cc2[N+](=O)[O-])CC1. The molecule has 116 valence electrons. The first-order chi connectivity index (χ1) is 9.71. The van der Waals surface area contributed by atoms with Gasteiger partial charge in [-0.2, -0.15) is 0 Å². The van der Waals surface area contributed by atoms with Crippen LogP contribution in [0.4, 0.5) is 11.4 Å². The zero-order valence-electron chi connectivity index (χ0n) is 12.4. The van der Waals surface area contributed by atoms with Crippen molar-refractivity contribution in [3.05, 3.63) is 33.3 Å². The van der Waals surface area contributed by atoms with Crippen LogP contribution in [-0.4, -0.2) is 22.2 Å². The molecule has 2 rings (SSSR count). The quantitative estimate of drug-likeness (QED) is 0.651. The zero-order chi connectivity index (χ0) is 15.7. The number of benzene rings is 1. The Hall–Kier alpha value is -1.33. The summed E-state index contributed by atoms with van der Waals surface area (Å²) in [6, 6.07) is 4.50. The molecule has 0 unspecified atom stereocenters.